The topological polar surface area (TPSA) is 123 Å². The lowest BCUT2D eigenvalue weighted by molar-refractivity contribution is 0.0632. The van der Waals surface area contributed by atoms with Crippen molar-refractivity contribution in [3.8, 4) is 0 Å². The number of piperidine rings is 1. The Morgan fingerprint density at radius 1 is 1.11 bits per heavy atom. The summed E-state index contributed by atoms with van der Waals surface area (Å²) in [6, 6.07) is 8.17. The van der Waals surface area contributed by atoms with Crippen LogP contribution >= 0.6 is 0 Å². The van der Waals surface area contributed by atoms with Crippen molar-refractivity contribution in [1.82, 2.24) is 19.0 Å². The molecule has 4 aromatic rings. The van der Waals surface area contributed by atoms with E-state index in [-0.39, 0.29) is 35.2 Å². The number of rotatable bonds is 6. The summed E-state index contributed by atoms with van der Waals surface area (Å²) in [5.74, 6) is -0.395. The molecule has 1 aromatic carbocycles. The van der Waals surface area contributed by atoms with E-state index in [0.29, 0.717) is 35.3 Å². The number of aromatic nitrogens is 3. The molecule has 0 spiro atoms. The molecule has 3 aromatic heterocycles. The van der Waals surface area contributed by atoms with E-state index >= 15 is 0 Å². The predicted molar refractivity (Wildman–Crippen MR) is 135 cm³/mol. The van der Waals surface area contributed by atoms with Crippen LogP contribution in [0.1, 0.15) is 18.9 Å². The van der Waals surface area contributed by atoms with E-state index in [2.05, 4.69) is 15.2 Å². The summed E-state index contributed by atoms with van der Waals surface area (Å²) in [5, 5.41) is 14.4. The third-order valence-electron chi connectivity index (χ3n) is 7.52. The van der Waals surface area contributed by atoms with Crippen molar-refractivity contribution in [2.45, 2.75) is 31.5 Å². The summed E-state index contributed by atoms with van der Waals surface area (Å²) in [5.41, 5.74) is 0.997. The maximum absolute atomic E-state index is 13.7. The van der Waals surface area contributed by atoms with Gasteiger partial charge in [0, 0.05) is 37.2 Å². The monoisotopic (exact) mass is 507 g/mol. The fraction of sp³-hybridized carbons (Fsp3) is 0.385. The van der Waals surface area contributed by atoms with Crippen LogP contribution < -0.4 is 22.1 Å². The maximum Gasteiger partial charge on any atom is 0.338 e. The Kier molecular flexibility index (Phi) is 5.88. The van der Waals surface area contributed by atoms with E-state index < -0.39 is 17.5 Å². The van der Waals surface area contributed by atoms with Gasteiger partial charge in [-0.15, -0.1) is 0 Å². The number of halogens is 1. The first kappa shape index (κ1) is 23.6. The van der Waals surface area contributed by atoms with Crippen LogP contribution in [0.15, 0.2) is 61.4 Å². The van der Waals surface area contributed by atoms with Crippen molar-refractivity contribution in [3.05, 3.63) is 79.5 Å². The molecular formula is C26H26FN5O5. The number of aliphatic hydroxyl groups excluding tert-OH is 1. The van der Waals surface area contributed by atoms with E-state index in [9.17, 15) is 23.9 Å². The Bertz CT molecular complexity index is 1670. The van der Waals surface area contributed by atoms with Gasteiger partial charge in [0.25, 0.3) is 11.1 Å². The van der Waals surface area contributed by atoms with Crippen LogP contribution in [-0.4, -0.2) is 56.4 Å². The highest BCUT2D eigenvalue weighted by atomic mass is 19.1. The summed E-state index contributed by atoms with van der Waals surface area (Å²) < 4.78 is 22.2. The molecule has 1 fully saturated rings. The van der Waals surface area contributed by atoms with Crippen LogP contribution in [0.5, 0.6) is 0 Å². The van der Waals surface area contributed by atoms with Gasteiger partial charge >= 0.3 is 5.63 Å². The molecule has 0 aliphatic carbocycles. The number of aliphatic hydroxyl groups is 1. The fourth-order valence-electron chi connectivity index (χ4n) is 5.64. The number of pyridine rings is 1. The summed E-state index contributed by atoms with van der Waals surface area (Å²) in [6.45, 7) is 2.76. The highest BCUT2D eigenvalue weighted by Gasteiger charge is 2.31. The number of anilines is 1. The first-order chi connectivity index (χ1) is 17.9. The van der Waals surface area contributed by atoms with Gasteiger partial charge in [0.15, 0.2) is 0 Å². The molecule has 5 heterocycles. The van der Waals surface area contributed by atoms with E-state index in [1.165, 1.54) is 36.5 Å². The minimum absolute atomic E-state index is 0.0469. The van der Waals surface area contributed by atoms with Crippen LogP contribution in [0, 0.1) is 11.7 Å². The van der Waals surface area contributed by atoms with Gasteiger partial charge in [-0.25, -0.2) is 14.2 Å². The van der Waals surface area contributed by atoms with Gasteiger partial charge in [0.2, 0.25) is 0 Å². The van der Waals surface area contributed by atoms with Crippen LogP contribution in [0.3, 0.4) is 0 Å². The Morgan fingerprint density at radius 2 is 1.92 bits per heavy atom. The normalized spacial score (nSPS) is 19.0. The highest BCUT2D eigenvalue weighted by Crippen LogP contribution is 2.27. The van der Waals surface area contributed by atoms with Gasteiger partial charge in [-0.3, -0.25) is 18.7 Å². The SMILES string of the molecule is O=c1cc(NCC(O)C2CCN(C[C@@H]3Cn4c(=O)ccc5ncc(=O)n3c54)CC2)c2cc(F)ccc2o1. The molecule has 0 bridgehead atoms. The molecule has 37 heavy (non-hydrogen) atoms. The smallest absolute Gasteiger partial charge is 0.338 e. The molecule has 0 saturated carbocycles. The van der Waals surface area contributed by atoms with Gasteiger partial charge in [0.1, 0.15) is 22.6 Å². The Morgan fingerprint density at radius 3 is 2.73 bits per heavy atom. The second-order valence-electron chi connectivity index (χ2n) is 9.82. The van der Waals surface area contributed by atoms with Gasteiger partial charge in [-0.1, -0.05) is 0 Å². The predicted octanol–water partition coefficient (Wildman–Crippen LogP) is 1.54. The Hall–Kier alpha value is -3.83. The molecule has 2 N–H and O–H groups in total. The summed E-state index contributed by atoms with van der Waals surface area (Å²) >= 11 is 0. The average Bonchev–Trinajstić information content (AvgIpc) is 3.28. The number of hydrogen-bond acceptors (Lipinski definition) is 8. The largest absolute Gasteiger partial charge is 0.423 e. The lowest BCUT2D eigenvalue weighted by Gasteiger charge is -2.35. The second-order valence-corrected chi connectivity index (χ2v) is 9.82. The van der Waals surface area contributed by atoms with E-state index in [1.807, 2.05) is 0 Å². The minimum Gasteiger partial charge on any atom is -0.423 e. The van der Waals surface area contributed by atoms with Gasteiger partial charge < -0.3 is 19.7 Å². The van der Waals surface area contributed by atoms with Crippen molar-refractivity contribution in [3.63, 3.8) is 0 Å². The number of hydrogen-bond donors (Lipinski definition) is 2. The zero-order valence-electron chi connectivity index (χ0n) is 20.0. The number of benzene rings is 1. The molecule has 2 atom stereocenters. The number of fused-ring (bicyclic) bond motifs is 1. The second kappa shape index (κ2) is 9.24. The zero-order chi connectivity index (χ0) is 25.7. The summed E-state index contributed by atoms with van der Waals surface area (Å²) in [7, 11) is 0. The van der Waals surface area contributed by atoms with Crippen molar-refractivity contribution in [2.75, 3.05) is 31.5 Å². The Labute approximate surface area is 209 Å². The third kappa shape index (κ3) is 4.34. The van der Waals surface area contributed by atoms with Crippen molar-refractivity contribution < 1.29 is 13.9 Å². The lowest BCUT2D eigenvalue weighted by Crippen LogP contribution is -2.42. The first-order valence-electron chi connectivity index (χ1n) is 12.4. The molecule has 11 heteroatoms. The molecule has 2 aliphatic rings. The first-order valence-corrected chi connectivity index (χ1v) is 12.4. The third-order valence-corrected chi connectivity index (χ3v) is 7.52. The highest BCUT2D eigenvalue weighted by molar-refractivity contribution is 5.89. The zero-order valence-corrected chi connectivity index (χ0v) is 20.0. The van der Waals surface area contributed by atoms with Gasteiger partial charge in [-0.05, 0) is 56.1 Å². The van der Waals surface area contributed by atoms with Crippen LogP contribution in [0.2, 0.25) is 0 Å². The Balaban J connectivity index is 1.09. The fourth-order valence-corrected chi connectivity index (χ4v) is 5.64. The number of likely N-dealkylation sites (tertiary alicyclic amines) is 1. The molecule has 6 rings (SSSR count). The molecular weight excluding hydrogens is 481 g/mol. The lowest BCUT2D eigenvalue weighted by atomic mass is 9.91. The van der Waals surface area contributed by atoms with Crippen molar-refractivity contribution >= 4 is 27.8 Å². The summed E-state index contributed by atoms with van der Waals surface area (Å²) in [4.78, 5) is 43.3. The molecule has 10 nitrogen and oxygen atoms in total. The molecule has 1 saturated heterocycles. The number of nitrogens with one attached hydrogen (secondary N) is 1. The van der Waals surface area contributed by atoms with Gasteiger partial charge in [0.05, 0.1) is 24.0 Å². The van der Waals surface area contributed by atoms with Gasteiger partial charge in [-0.2, -0.15) is 0 Å². The molecule has 2 aliphatic heterocycles. The minimum atomic E-state index is -0.658. The number of nitrogens with zero attached hydrogens (tertiary/aromatic N) is 4. The summed E-state index contributed by atoms with van der Waals surface area (Å²) in [6.07, 6.45) is 2.17. The van der Waals surface area contributed by atoms with Crippen LogP contribution in [-0.2, 0) is 6.54 Å². The molecule has 0 radical (unpaired) electrons. The van der Waals surface area contributed by atoms with E-state index in [1.54, 1.807) is 15.2 Å². The van der Waals surface area contributed by atoms with Crippen molar-refractivity contribution in [2.24, 2.45) is 5.92 Å². The maximum atomic E-state index is 13.7. The quantitative estimate of drug-likeness (QED) is 0.377. The van der Waals surface area contributed by atoms with Crippen LogP contribution in [0.4, 0.5) is 10.1 Å². The average molecular weight is 508 g/mol. The van der Waals surface area contributed by atoms with Crippen LogP contribution in [0.25, 0.3) is 22.1 Å². The van der Waals surface area contributed by atoms with Crippen molar-refractivity contribution in [1.29, 1.82) is 0 Å². The van der Waals surface area contributed by atoms with E-state index in [4.69, 9.17) is 4.42 Å². The standard InChI is InChI=1S/C26H26FN5O5/c27-16-1-3-22-18(9-16)20(10-25(36)37-22)28-11-21(33)15-5-7-30(8-6-15)13-17-14-31-23(34)4-2-19-26(31)32(17)24(35)12-29-19/h1-4,9-10,12,15,17,21,28,33H,5-8,11,13-14H2/t17-,21?/m1/s1. The molecule has 1 unspecified atom stereocenters. The molecule has 0 amide bonds. The molecule has 192 valence electrons. The van der Waals surface area contributed by atoms with E-state index in [0.717, 1.165) is 25.9 Å².